The Morgan fingerprint density at radius 2 is 1.44 bits per heavy atom. The van der Waals surface area contributed by atoms with Crippen LogP contribution in [0.2, 0.25) is 0 Å². The van der Waals surface area contributed by atoms with Gasteiger partial charge in [0.2, 0.25) is 11.2 Å². The molecule has 5 aromatic rings. The number of aryl methyl sites for hydroxylation is 1. The van der Waals surface area contributed by atoms with Gasteiger partial charge in [0.05, 0.1) is 10.9 Å². The van der Waals surface area contributed by atoms with Crippen LogP contribution in [-0.4, -0.2) is 5.97 Å². The fraction of sp³-hybridized carbons (Fsp3) is 0.0345. The molecule has 0 N–H and O–H groups in total. The van der Waals surface area contributed by atoms with Gasteiger partial charge in [-0.3, -0.25) is 4.79 Å². The summed E-state index contributed by atoms with van der Waals surface area (Å²) in [4.78, 5) is 25.4. The number of benzene rings is 4. The van der Waals surface area contributed by atoms with Crippen LogP contribution in [0.4, 0.5) is 0 Å². The standard InChI is InChI=1S/C29H20O5/c1-19-7-5-6-10-24(19)29(31)34-23-15-16-25-26(17-23)32-18-27(28(25)30)33-22-13-11-21(12-14-22)20-8-3-2-4-9-20/h2-18H,1H3. The van der Waals surface area contributed by atoms with Crippen LogP contribution in [0.15, 0.2) is 113 Å². The largest absolute Gasteiger partial charge is 0.460 e. The van der Waals surface area contributed by atoms with Crippen molar-refractivity contribution in [2.24, 2.45) is 0 Å². The van der Waals surface area contributed by atoms with Crippen molar-refractivity contribution in [3.8, 4) is 28.4 Å². The van der Waals surface area contributed by atoms with Gasteiger partial charge in [0.25, 0.3) is 0 Å². The maximum atomic E-state index is 12.9. The lowest BCUT2D eigenvalue weighted by molar-refractivity contribution is 0.0734. The van der Waals surface area contributed by atoms with E-state index in [0.717, 1.165) is 16.7 Å². The van der Waals surface area contributed by atoms with Crippen molar-refractivity contribution in [1.29, 1.82) is 0 Å². The van der Waals surface area contributed by atoms with E-state index in [0.29, 0.717) is 22.3 Å². The molecule has 1 heterocycles. The first-order chi connectivity index (χ1) is 16.6. The van der Waals surface area contributed by atoms with Gasteiger partial charge >= 0.3 is 5.97 Å². The zero-order valence-electron chi connectivity index (χ0n) is 18.4. The van der Waals surface area contributed by atoms with Gasteiger partial charge in [0.1, 0.15) is 23.3 Å². The predicted molar refractivity (Wildman–Crippen MR) is 131 cm³/mol. The molecule has 0 bridgehead atoms. The zero-order valence-corrected chi connectivity index (χ0v) is 18.4. The van der Waals surface area contributed by atoms with Crippen molar-refractivity contribution >= 4 is 16.9 Å². The smallest absolute Gasteiger partial charge is 0.343 e. The molecule has 4 aromatic carbocycles. The van der Waals surface area contributed by atoms with E-state index in [2.05, 4.69) is 0 Å². The van der Waals surface area contributed by atoms with Gasteiger partial charge in [-0.2, -0.15) is 0 Å². The van der Waals surface area contributed by atoms with Gasteiger partial charge in [-0.15, -0.1) is 0 Å². The van der Waals surface area contributed by atoms with Gasteiger partial charge in [0, 0.05) is 6.07 Å². The molecule has 0 spiro atoms. The summed E-state index contributed by atoms with van der Waals surface area (Å²) in [6, 6.07) is 29.3. The van der Waals surface area contributed by atoms with Gasteiger partial charge in [-0.05, 0) is 53.9 Å². The molecular weight excluding hydrogens is 428 g/mol. The summed E-state index contributed by atoms with van der Waals surface area (Å²) in [6.45, 7) is 1.84. The molecular formula is C29H20O5. The summed E-state index contributed by atoms with van der Waals surface area (Å²) in [7, 11) is 0. The second-order valence-electron chi connectivity index (χ2n) is 7.78. The van der Waals surface area contributed by atoms with E-state index in [4.69, 9.17) is 13.9 Å². The van der Waals surface area contributed by atoms with E-state index in [1.165, 1.54) is 12.3 Å². The van der Waals surface area contributed by atoms with Gasteiger partial charge in [-0.25, -0.2) is 4.79 Å². The van der Waals surface area contributed by atoms with Crippen molar-refractivity contribution in [3.63, 3.8) is 0 Å². The van der Waals surface area contributed by atoms with E-state index in [1.54, 1.807) is 36.4 Å². The summed E-state index contributed by atoms with van der Waals surface area (Å²) in [5.74, 6) is 0.410. The molecule has 5 heteroatoms. The average molecular weight is 448 g/mol. The molecule has 34 heavy (non-hydrogen) atoms. The third-order valence-corrected chi connectivity index (χ3v) is 5.48. The number of rotatable bonds is 5. The van der Waals surface area contributed by atoms with E-state index >= 15 is 0 Å². The maximum absolute atomic E-state index is 12.9. The molecule has 0 saturated heterocycles. The fourth-order valence-corrected chi connectivity index (χ4v) is 3.66. The Kier molecular flexibility index (Phi) is 5.67. The van der Waals surface area contributed by atoms with Crippen LogP contribution >= 0.6 is 0 Å². The van der Waals surface area contributed by atoms with Crippen LogP contribution in [0, 0.1) is 6.92 Å². The molecule has 0 aliphatic rings. The zero-order chi connectivity index (χ0) is 23.5. The SMILES string of the molecule is Cc1ccccc1C(=O)Oc1ccc2c(=O)c(Oc3ccc(-c4ccccc4)cc3)coc2c1. The van der Waals surface area contributed by atoms with Crippen molar-refractivity contribution in [2.75, 3.05) is 0 Å². The Morgan fingerprint density at radius 3 is 2.21 bits per heavy atom. The molecule has 0 radical (unpaired) electrons. The third-order valence-electron chi connectivity index (χ3n) is 5.48. The lowest BCUT2D eigenvalue weighted by Gasteiger charge is -2.09. The van der Waals surface area contributed by atoms with E-state index in [1.807, 2.05) is 61.5 Å². The predicted octanol–water partition coefficient (Wildman–Crippen LogP) is 6.78. The van der Waals surface area contributed by atoms with Crippen molar-refractivity contribution in [3.05, 3.63) is 125 Å². The number of carbonyl (C=O) groups is 1. The summed E-state index contributed by atoms with van der Waals surface area (Å²) in [5.41, 5.74) is 3.42. The highest BCUT2D eigenvalue weighted by atomic mass is 16.5. The maximum Gasteiger partial charge on any atom is 0.343 e. The number of fused-ring (bicyclic) bond motifs is 1. The van der Waals surface area contributed by atoms with Gasteiger partial charge < -0.3 is 13.9 Å². The Morgan fingerprint density at radius 1 is 0.765 bits per heavy atom. The van der Waals surface area contributed by atoms with Crippen molar-refractivity contribution in [2.45, 2.75) is 6.92 Å². The number of hydrogen-bond donors (Lipinski definition) is 0. The first-order valence-corrected chi connectivity index (χ1v) is 10.8. The molecule has 0 fully saturated rings. The van der Waals surface area contributed by atoms with Crippen LogP contribution in [0.3, 0.4) is 0 Å². The summed E-state index contributed by atoms with van der Waals surface area (Å²) in [6.07, 6.45) is 1.27. The van der Waals surface area contributed by atoms with E-state index in [-0.39, 0.29) is 16.9 Å². The quantitative estimate of drug-likeness (QED) is 0.219. The Bertz CT molecular complexity index is 1530. The lowest BCUT2D eigenvalue weighted by atomic mass is 10.1. The topological polar surface area (TPSA) is 65.7 Å². The van der Waals surface area contributed by atoms with Crippen LogP contribution in [0.1, 0.15) is 15.9 Å². The van der Waals surface area contributed by atoms with Crippen molar-refractivity contribution in [1.82, 2.24) is 0 Å². The number of ether oxygens (including phenoxy) is 2. The Labute approximate surface area is 195 Å². The first kappa shape index (κ1) is 21.2. The third kappa shape index (κ3) is 4.32. The first-order valence-electron chi connectivity index (χ1n) is 10.8. The van der Waals surface area contributed by atoms with Gasteiger partial charge in [0.15, 0.2) is 0 Å². The minimum Gasteiger partial charge on any atom is -0.460 e. The molecule has 5 nitrogen and oxygen atoms in total. The van der Waals surface area contributed by atoms with Crippen LogP contribution < -0.4 is 14.9 Å². The molecule has 0 amide bonds. The van der Waals surface area contributed by atoms with Crippen LogP contribution in [0.5, 0.6) is 17.2 Å². The Balaban J connectivity index is 1.36. The highest BCUT2D eigenvalue weighted by Gasteiger charge is 2.14. The fourth-order valence-electron chi connectivity index (χ4n) is 3.66. The molecule has 0 aliphatic carbocycles. The monoisotopic (exact) mass is 448 g/mol. The molecule has 0 atom stereocenters. The van der Waals surface area contributed by atoms with E-state index in [9.17, 15) is 9.59 Å². The molecule has 1 aromatic heterocycles. The Hall–Kier alpha value is -4.64. The minimum atomic E-state index is -0.473. The molecule has 0 saturated carbocycles. The minimum absolute atomic E-state index is 0.0737. The summed E-state index contributed by atoms with van der Waals surface area (Å²) in [5, 5.41) is 0.328. The molecule has 5 rings (SSSR count). The summed E-state index contributed by atoms with van der Waals surface area (Å²) >= 11 is 0. The lowest BCUT2D eigenvalue weighted by Crippen LogP contribution is -2.10. The second kappa shape index (κ2) is 9.08. The normalized spacial score (nSPS) is 10.7. The molecule has 0 unspecified atom stereocenters. The average Bonchev–Trinajstić information content (AvgIpc) is 2.87. The number of hydrogen-bond acceptors (Lipinski definition) is 5. The van der Waals surface area contributed by atoms with E-state index < -0.39 is 5.97 Å². The highest BCUT2D eigenvalue weighted by Crippen LogP contribution is 2.27. The molecule has 166 valence electrons. The number of esters is 1. The summed E-state index contributed by atoms with van der Waals surface area (Å²) < 4.78 is 16.9. The number of carbonyl (C=O) groups excluding carboxylic acids is 1. The highest BCUT2D eigenvalue weighted by molar-refractivity contribution is 5.93. The molecule has 0 aliphatic heterocycles. The van der Waals surface area contributed by atoms with Crippen molar-refractivity contribution < 1.29 is 18.7 Å². The van der Waals surface area contributed by atoms with Gasteiger partial charge in [-0.1, -0.05) is 60.7 Å². The van der Waals surface area contributed by atoms with Crippen LogP contribution in [0.25, 0.3) is 22.1 Å². The second-order valence-corrected chi connectivity index (χ2v) is 7.78. The van der Waals surface area contributed by atoms with Crippen LogP contribution in [-0.2, 0) is 0 Å².